The molecule has 0 saturated heterocycles. The van der Waals surface area contributed by atoms with Gasteiger partial charge in [0.25, 0.3) is 0 Å². The lowest BCUT2D eigenvalue weighted by molar-refractivity contribution is -0.134. The predicted octanol–water partition coefficient (Wildman–Crippen LogP) is 5.00. The molecular formula is C20H34O4S. The minimum atomic E-state index is -4.33. The first-order chi connectivity index (χ1) is 11.7. The lowest BCUT2D eigenvalue weighted by Crippen LogP contribution is -2.55. The van der Waals surface area contributed by atoms with Crippen LogP contribution in [0.4, 0.5) is 0 Å². The third-order valence-corrected chi connectivity index (χ3v) is 9.42. The van der Waals surface area contributed by atoms with Gasteiger partial charge in [-0.15, -0.1) is 0 Å². The maximum Gasteiger partial charge on any atom is 0.397 e. The molecule has 0 radical (unpaired) electrons. The molecule has 4 aliphatic rings. The fraction of sp³-hybridized carbons (Fsp3) is 1.00. The van der Waals surface area contributed by atoms with Crippen LogP contribution >= 0.6 is 0 Å². The molecule has 0 aromatic heterocycles. The van der Waals surface area contributed by atoms with E-state index >= 15 is 0 Å². The molecule has 0 aromatic rings. The molecule has 1 N–H and O–H groups in total. The highest BCUT2D eigenvalue weighted by Gasteiger charge is 2.57. The molecule has 5 heteroatoms. The van der Waals surface area contributed by atoms with Crippen LogP contribution in [0.25, 0.3) is 0 Å². The monoisotopic (exact) mass is 370 g/mol. The van der Waals surface area contributed by atoms with Crippen molar-refractivity contribution in [3.8, 4) is 0 Å². The van der Waals surface area contributed by atoms with Gasteiger partial charge in [0.2, 0.25) is 0 Å². The maximum atomic E-state index is 11.1. The van der Waals surface area contributed by atoms with E-state index in [0.717, 1.165) is 37.0 Å². The van der Waals surface area contributed by atoms with Crippen LogP contribution < -0.4 is 0 Å². The first kappa shape index (κ1) is 18.2. The Bertz CT molecular complexity index is 617. The summed E-state index contributed by atoms with van der Waals surface area (Å²) in [5, 5.41) is 0. The molecule has 4 fully saturated rings. The van der Waals surface area contributed by atoms with Crippen LogP contribution in [0.2, 0.25) is 0 Å². The topological polar surface area (TPSA) is 63.6 Å². The number of rotatable bonds is 2. The smallest absolute Gasteiger partial charge is 0.264 e. The van der Waals surface area contributed by atoms with E-state index in [0.29, 0.717) is 16.7 Å². The highest BCUT2D eigenvalue weighted by Crippen LogP contribution is 2.65. The van der Waals surface area contributed by atoms with E-state index in [4.69, 9.17) is 8.74 Å². The van der Waals surface area contributed by atoms with Gasteiger partial charge in [-0.1, -0.05) is 26.7 Å². The minimum absolute atomic E-state index is 0.326. The summed E-state index contributed by atoms with van der Waals surface area (Å²) < 4.78 is 36.2. The zero-order valence-electron chi connectivity index (χ0n) is 15.7. The van der Waals surface area contributed by atoms with Crippen molar-refractivity contribution in [1.29, 1.82) is 0 Å². The summed E-state index contributed by atoms with van der Waals surface area (Å²) in [5.41, 5.74) is 0.911. The molecule has 0 aromatic carbocycles. The molecule has 0 aliphatic heterocycles. The number of fused-ring (bicyclic) bond motifs is 5. The Morgan fingerprint density at radius 3 is 2.48 bits per heavy atom. The fourth-order valence-electron chi connectivity index (χ4n) is 7.64. The van der Waals surface area contributed by atoms with Gasteiger partial charge in [-0.3, -0.25) is 4.55 Å². The summed E-state index contributed by atoms with van der Waals surface area (Å²) in [4.78, 5) is 0. The van der Waals surface area contributed by atoms with Crippen molar-refractivity contribution in [2.24, 2.45) is 34.5 Å². The van der Waals surface area contributed by atoms with Gasteiger partial charge in [-0.05, 0) is 92.3 Å². The Hall–Kier alpha value is -0.130. The third-order valence-electron chi connectivity index (χ3n) is 8.91. The standard InChI is InChI=1S/C20H34O4S/c1-19-10-4-3-5-17(19)16-7-6-14-13-15(24-25(21,22)23)8-12-20(14,2)18(16)9-11-19/h14-18H,3-13H2,1-2H3,(H,21,22,23)/t14-,15-,16+,17+,18+,19+,20+/m1/s1. The van der Waals surface area contributed by atoms with Crippen LogP contribution in [0.3, 0.4) is 0 Å². The molecule has 25 heavy (non-hydrogen) atoms. The van der Waals surface area contributed by atoms with Gasteiger partial charge in [-0.25, -0.2) is 4.18 Å². The van der Waals surface area contributed by atoms with Crippen LogP contribution in [-0.2, 0) is 14.6 Å². The zero-order chi connectivity index (χ0) is 17.9. The Kier molecular flexibility index (Phi) is 4.53. The summed E-state index contributed by atoms with van der Waals surface area (Å²) in [6, 6.07) is 0. The van der Waals surface area contributed by atoms with Gasteiger partial charge >= 0.3 is 10.4 Å². The largest absolute Gasteiger partial charge is 0.397 e. The molecule has 0 bridgehead atoms. The van der Waals surface area contributed by atoms with Crippen molar-refractivity contribution in [3.05, 3.63) is 0 Å². The third kappa shape index (κ3) is 3.19. The number of hydrogen-bond donors (Lipinski definition) is 1. The zero-order valence-corrected chi connectivity index (χ0v) is 16.6. The summed E-state index contributed by atoms with van der Waals surface area (Å²) in [5.74, 6) is 3.13. The van der Waals surface area contributed by atoms with E-state index in [1.54, 1.807) is 0 Å². The van der Waals surface area contributed by atoms with Crippen LogP contribution in [-0.4, -0.2) is 19.1 Å². The van der Waals surface area contributed by atoms with E-state index in [1.165, 1.54) is 51.4 Å². The van der Waals surface area contributed by atoms with E-state index in [9.17, 15) is 8.42 Å². The van der Waals surface area contributed by atoms with Gasteiger partial charge in [0.05, 0.1) is 6.10 Å². The quantitative estimate of drug-likeness (QED) is 0.695. The van der Waals surface area contributed by atoms with Crippen molar-refractivity contribution >= 4 is 10.4 Å². The van der Waals surface area contributed by atoms with Crippen molar-refractivity contribution in [3.63, 3.8) is 0 Å². The summed E-state index contributed by atoms with van der Waals surface area (Å²) >= 11 is 0. The molecule has 0 spiro atoms. The van der Waals surface area contributed by atoms with Crippen LogP contribution in [0, 0.1) is 34.5 Å². The maximum absolute atomic E-state index is 11.1. The Balaban J connectivity index is 1.52. The highest BCUT2D eigenvalue weighted by atomic mass is 32.3. The van der Waals surface area contributed by atoms with Gasteiger partial charge in [0, 0.05) is 0 Å². The van der Waals surface area contributed by atoms with Crippen LogP contribution in [0.5, 0.6) is 0 Å². The normalized spacial score (nSPS) is 50.4. The molecule has 4 nitrogen and oxygen atoms in total. The van der Waals surface area contributed by atoms with Gasteiger partial charge < -0.3 is 0 Å². The second kappa shape index (κ2) is 6.20. The van der Waals surface area contributed by atoms with E-state index < -0.39 is 10.4 Å². The average Bonchev–Trinajstić information content (AvgIpc) is 2.53. The van der Waals surface area contributed by atoms with Gasteiger partial charge in [0.1, 0.15) is 0 Å². The van der Waals surface area contributed by atoms with Crippen LogP contribution in [0.1, 0.15) is 84.5 Å². The highest BCUT2D eigenvalue weighted by molar-refractivity contribution is 7.80. The first-order valence-electron chi connectivity index (χ1n) is 10.4. The Morgan fingerprint density at radius 1 is 0.920 bits per heavy atom. The molecule has 7 atom stereocenters. The molecular weight excluding hydrogens is 336 g/mol. The Morgan fingerprint density at radius 2 is 1.72 bits per heavy atom. The van der Waals surface area contributed by atoms with Crippen molar-refractivity contribution < 1.29 is 17.2 Å². The van der Waals surface area contributed by atoms with Gasteiger partial charge in [-0.2, -0.15) is 8.42 Å². The lowest BCUT2D eigenvalue weighted by Gasteiger charge is -2.62. The second-order valence-corrected chi connectivity index (χ2v) is 11.1. The molecule has 144 valence electrons. The molecule has 0 amide bonds. The van der Waals surface area contributed by atoms with E-state index in [1.807, 2.05) is 0 Å². The molecule has 0 heterocycles. The predicted molar refractivity (Wildman–Crippen MR) is 97.4 cm³/mol. The molecule has 0 unspecified atom stereocenters. The molecule has 4 aliphatic carbocycles. The summed E-state index contributed by atoms with van der Waals surface area (Å²) in [6.07, 6.45) is 13.2. The summed E-state index contributed by atoms with van der Waals surface area (Å²) in [6.45, 7) is 5.03. The minimum Gasteiger partial charge on any atom is -0.264 e. The summed E-state index contributed by atoms with van der Waals surface area (Å²) in [7, 11) is -4.33. The average molecular weight is 371 g/mol. The number of hydrogen-bond acceptors (Lipinski definition) is 3. The SMILES string of the molecule is C[C@@]12CCCC[C@H]1[C@@H]1CC[C@@H]3C[C@H](OS(=O)(=O)O)CC[C@]3(C)[C@H]1CC2. The molecule has 4 saturated carbocycles. The van der Waals surface area contributed by atoms with E-state index in [-0.39, 0.29) is 6.10 Å². The lowest BCUT2D eigenvalue weighted by atomic mass is 9.43. The fourth-order valence-corrected chi connectivity index (χ4v) is 8.16. The van der Waals surface area contributed by atoms with Crippen molar-refractivity contribution in [2.45, 2.75) is 90.6 Å². The first-order valence-corrected chi connectivity index (χ1v) is 11.7. The van der Waals surface area contributed by atoms with E-state index in [2.05, 4.69) is 13.8 Å². The van der Waals surface area contributed by atoms with Crippen molar-refractivity contribution in [2.75, 3.05) is 0 Å². The second-order valence-electron chi connectivity index (χ2n) is 10.0. The van der Waals surface area contributed by atoms with Crippen molar-refractivity contribution in [1.82, 2.24) is 0 Å². The molecule has 4 rings (SSSR count). The Labute approximate surface area is 153 Å². The van der Waals surface area contributed by atoms with Gasteiger partial charge in [0.15, 0.2) is 0 Å². The van der Waals surface area contributed by atoms with Crippen LogP contribution in [0.15, 0.2) is 0 Å².